The highest BCUT2D eigenvalue weighted by Crippen LogP contribution is 2.21. The molecular formula is C17H30N2O4. The summed E-state index contributed by atoms with van der Waals surface area (Å²) in [5, 5.41) is 0. The summed E-state index contributed by atoms with van der Waals surface area (Å²) in [6.45, 7) is 8.98. The molecule has 6 heteroatoms. The number of nitrogens with zero attached hydrogens (tertiary/aromatic N) is 2. The van der Waals surface area contributed by atoms with Crippen molar-refractivity contribution in [1.82, 2.24) is 9.80 Å². The van der Waals surface area contributed by atoms with E-state index in [1.165, 1.54) is 0 Å². The van der Waals surface area contributed by atoms with Crippen LogP contribution in [0.15, 0.2) is 0 Å². The second-order valence-corrected chi connectivity index (χ2v) is 6.81. The van der Waals surface area contributed by atoms with Gasteiger partial charge >= 0.3 is 12.2 Å². The molecule has 2 aliphatic heterocycles. The summed E-state index contributed by atoms with van der Waals surface area (Å²) < 4.78 is 11.4. The van der Waals surface area contributed by atoms with E-state index >= 15 is 0 Å². The smallest absolute Gasteiger partial charge is 0.410 e. The topological polar surface area (TPSA) is 59.1 Å². The van der Waals surface area contributed by atoms with Crippen LogP contribution in [0.3, 0.4) is 0 Å². The van der Waals surface area contributed by atoms with Gasteiger partial charge < -0.3 is 19.3 Å². The van der Waals surface area contributed by atoms with E-state index < -0.39 is 12.2 Å². The maximum absolute atomic E-state index is 12.3. The molecule has 0 aromatic carbocycles. The van der Waals surface area contributed by atoms with Crippen molar-refractivity contribution in [2.24, 2.45) is 5.92 Å². The van der Waals surface area contributed by atoms with Crippen LogP contribution in [0.5, 0.6) is 0 Å². The summed E-state index contributed by atoms with van der Waals surface area (Å²) in [7, 11) is 0. The van der Waals surface area contributed by atoms with E-state index in [-0.39, 0.29) is 18.1 Å². The molecule has 0 aromatic rings. The van der Waals surface area contributed by atoms with Crippen molar-refractivity contribution in [1.29, 1.82) is 0 Å². The lowest BCUT2D eigenvalue weighted by atomic mass is 10.00. The monoisotopic (exact) mass is 326 g/mol. The third-order valence-electron chi connectivity index (χ3n) is 4.64. The van der Waals surface area contributed by atoms with Crippen molar-refractivity contribution in [3.8, 4) is 0 Å². The minimum atomic E-state index is -0.403. The van der Waals surface area contributed by atoms with Crippen LogP contribution in [-0.4, -0.2) is 60.4 Å². The van der Waals surface area contributed by atoms with Crippen LogP contribution in [0.4, 0.5) is 9.59 Å². The summed E-state index contributed by atoms with van der Waals surface area (Å²) in [4.78, 5) is 28.0. The van der Waals surface area contributed by atoms with Gasteiger partial charge in [-0.15, -0.1) is 0 Å². The Balaban J connectivity index is 1.95. The van der Waals surface area contributed by atoms with Gasteiger partial charge in [0.05, 0.1) is 0 Å². The van der Waals surface area contributed by atoms with Gasteiger partial charge in [0.15, 0.2) is 0 Å². The fraction of sp³-hybridized carbons (Fsp3) is 0.882. The number of hydrogen-bond donors (Lipinski definition) is 0. The fourth-order valence-corrected chi connectivity index (χ4v) is 3.22. The molecule has 2 amide bonds. The molecule has 2 fully saturated rings. The summed E-state index contributed by atoms with van der Waals surface area (Å²) in [6, 6.07) is 0. The Hall–Kier alpha value is -1.46. The van der Waals surface area contributed by atoms with Gasteiger partial charge in [0.25, 0.3) is 0 Å². The van der Waals surface area contributed by atoms with Gasteiger partial charge in [-0.2, -0.15) is 0 Å². The lowest BCUT2D eigenvalue weighted by molar-refractivity contribution is -0.0472. The number of amides is 2. The van der Waals surface area contributed by atoms with Crippen molar-refractivity contribution < 1.29 is 19.1 Å². The maximum atomic E-state index is 12.3. The van der Waals surface area contributed by atoms with Crippen molar-refractivity contribution in [3.63, 3.8) is 0 Å². The molecule has 0 spiro atoms. The van der Waals surface area contributed by atoms with Gasteiger partial charge in [-0.25, -0.2) is 9.59 Å². The summed E-state index contributed by atoms with van der Waals surface area (Å²) in [5.74, 6) is 0.0953. The maximum Gasteiger partial charge on any atom is 0.410 e. The molecule has 6 nitrogen and oxygen atoms in total. The average Bonchev–Trinajstić information content (AvgIpc) is 3.22. The van der Waals surface area contributed by atoms with Gasteiger partial charge in [-0.1, -0.05) is 20.8 Å². The molecule has 2 unspecified atom stereocenters. The SMILES string of the molecule is CCC(OC(=O)N1CCCC1)C(OC(=O)N1CCCC1)C(C)C. The third-order valence-corrected chi connectivity index (χ3v) is 4.64. The molecular weight excluding hydrogens is 296 g/mol. The number of carbonyl (C=O) groups excluding carboxylic acids is 2. The first-order valence-electron chi connectivity index (χ1n) is 8.94. The normalized spacial score (nSPS) is 20.7. The molecule has 2 aliphatic rings. The number of rotatable bonds is 5. The van der Waals surface area contributed by atoms with E-state index in [1.807, 2.05) is 20.8 Å². The van der Waals surface area contributed by atoms with Crippen LogP contribution in [0.25, 0.3) is 0 Å². The zero-order valence-electron chi connectivity index (χ0n) is 14.6. The van der Waals surface area contributed by atoms with Gasteiger partial charge in [0, 0.05) is 26.2 Å². The second kappa shape index (κ2) is 8.41. The third kappa shape index (κ3) is 4.75. The first-order valence-corrected chi connectivity index (χ1v) is 8.94. The number of ether oxygens (including phenoxy) is 2. The summed E-state index contributed by atoms with van der Waals surface area (Å²) in [5.41, 5.74) is 0. The number of likely N-dealkylation sites (tertiary alicyclic amines) is 2. The van der Waals surface area contributed by atoms with Gasteiger partial charge in [0.2, 0.25) is 0 Å². The largest absolute Gasteiger partial charge is 0.442 e. The Morgan fingerprint density at radius 3 is 1.70 bits per heavy atom. The molecule has 0 N–H and O–H groups in total. The molecule has 0 bridgehead atoms. The summed E-state index contributed by atoms with van der Waals surface area (Å²) in [6.07, 6.45) is 3.40. The molecule has 132 valence electrons. The van der Waals surface area contributed by atoms with E-state index in [1.54, 1.807) is 9.80 Å². The zero-order chi connectivity index (χ0) is 16.8. The first-order chi connectivity index (χ1) is 11.0. The van der Waals surface area contributed by atoms with Crippen LogP contribution in [0, 0.1) is 5.92 Å². The predicted octanol–water partition coefficient (Wildman–Crippen LogP) is 3.25. The van der Waals surface area contributed by atoms with Crippen LogP contribution >= 0.6 is 0 Å². The second-order valence-electron chi connectivity index (χ2n) is 6.81. The van der Waals surface area contributed by atoms with Gasteiger partial charge in [-0.3, -0.25) is 0 Å². The zero-order valence-corrected chi connectivity index (χ0v) is 14.6. The quantitative estimate of drug-likeness (QED) is 0.778. The highest BCUT2D eigenvalue weighted by molar-refractivity contribution is 5.69. The average molecular weight is 326 g/mol. The Bertz CT molecular complexity index is 401. The Kier molecular flexibility index (Phi) is 6.54. The summed E-state index contributed by atoms with van der Waals surface area (Å²) >= 11 is 0. The van der Waals surface area contributed by atoms with E-state index in [9.17, 15) is 9.59 Å². The van der Waals surface area contributed by atoms with Crippen LogP contribution in [-0.2, 0) is 9.47 Å². The van der Waals surface area contributed by atoms with Crippen molar-refractivity contribution in [3.05, 3.63) is 0 Å². The van der Waals surface area contributed by atoms with Gasteiger partial charge in [-0.05, 0) is 38.0 Å². The van der Waals surface area contributed by atoms with Crippen molar-refractivity contribution in [2.45, 2.75) is 65.1 Å². The lowest BCUT2D eigenvalue weighted by Gasteiger charge is -2.31. The van der Waals surface area contributed by atoms with Crippen molar-refractivity contribution in [2.75, 3.05) is 26.2 Å². The molecule has 2 atom stereocenters. The van der Waals surface area contributed by atoms with E-state index in [2.05, 4.69) is 0 Å². The Morgan fingerprint density at radius 2 is 1.30 bits per heavy atom. The standard InChI is InChI=1S/C17H30N2O4/c1-4-14(22-16(20)18-9-5-6-10-18)15(13(2)3)23-17(21)19-11-7-8-12-19/h13-15H,4-12H2,1-3H3. The Morgan fingerprint density at radius 1 is 0.870 bits per heavy atom. The minimum absolute atomic E-state index is 0.0953. The number of hydrogen-bond acceptors (Lipinski definition) is 4. The number of carbonyl (C=O) groups is 2. The highest BCUT2D eigenvalue weighted by atomic mass is 16.6. The van der Waals surface area contributed by atoms with E-state index in [0.29, 0.717) is 6.42 Å². The minimum Gasteiger partial charge on any atom is -0.442 e. The van der Waals surface area contributed by atoms with Gasteiger partial charge in [0.1, 0.15) is 12.2 Å². The lowest BCUT2D eigenvalue weighted by Crippen LogP contribution is -2.43. The molecule has 0 aliphatic carbocycles. The molecule has 0 aromatic heterocycles. The predicted molar refractivity (Wildman–Crippen MR) is 87.3 cm³/mol. The molecule has 23 heavy (non-hydrogen) atoms. The molecule has 2 rings (SSSR count). The van der Waals surface area contributed by atoms with E-state index in [0.717, 1.165) is 51.9 Å². The fourth-order valence-electron chi connectivity index (χ4n) is 3.22. The van der Waals surface area contributed by atoms with Crippen LogP contribution in [0.1, 0.15) is 52.9 Å². The molecule has 0 radical (unpaired) electrons. The van der Waals surface area contributed by atoms with Crippen molar-refractivity contribution >= 4 is 12.2 Å². The Labute approximate surface area is 139 Å². The van der Waals surface area contributed by atoms with Crippen LogP contribution in [0.2, 0.25) is 0 Å². The molecule has 2 saturated heterocycles. The molecule has 2 heterocycles. The highest BCUT2D eigenvalue weighted by Gasteiger charge is 2.33. The first kappa shape index (κ1) is 17.9. The van der Waals surface area contributed by atoms with E-state index in [4.69, 9.17) is 9.47 Å². The van der Waals surface area contributed by atoms with Crippen LogP contribution < -0.4 is 0 Å². The molecule has 0 saturated carbocycles.